The van der Waals surface area contributed by atoms with Gasteiger partial charge in [0.2, 0.25) is 5.91 Å². The van der Waals surface area contributed by atoms with Crippen molar-refractivity contribution < 1.29 is 4.79 Å². The van der Waals surface area contributed by atoms with E-state index in [1.807, 2.05) is 27.9 Å². The molecule has 0 atom stereocenters. The van der Waals surface area contributed by atoms with E-state index in [2.05, 4.69) is 36.5 Å². The van der Waals surface area contributed by atoms with Crippen LogP contribution in [0.1, 0.15) is 31.9 Å². The lowest BCUT2D eigenvalue weighted by molar-refractivity contribution is -0.134. The van der Waals surface area contributed by atoms with Gasteiger partial charge in [0.1, 0.15) is 0 Å². The van der Waals surface area contributed by atoms with E-state index in [-0.39, 0.29) is 18.3 Å². The molecule has 0 spiro atoms. The molecule has 0 bridgehead atoms. The van der Waals surface area contributed by atoms with Crippen LogP contribution in [0.4, 0.5) is 0 Å². The van der Waals surface area contributed by atoms with E-state index in [0.717, 1.165) is 25.1 Å². The number of amides is 1. The molecule has 1 N–H and O–H groups in total. The summed E-state index contributed by atoms with van der Waals surface area (Å²) in [5.74, 6) is 0.159. The van der Waals surface area contributed by atoms with Crippen molar-refractivity contribution in [2.75, 3.05) is 27.2 Å². The van der Waals surface area contributed by atoms with Crippen molar-refractivity contribution in [3.05, 3.63) is 35.4 Å². The normalized spacial score (nSPS) is 10.8. The van der Waals surface area contributed by atoms with E-state index in [0.29, 0.717) is 0 Å². The molecule has 0 aliphatic carbocycles. The minimum Gasteiger partial charge on any atom is -0.344 e. The van der Waals surface area contributed by atoms with E-state index in [1.54, 1.807) is 4.90 Å². The number of carbonyl (C=O) groups is 1. The molecule has 0 unspecified atom stereocenters. The molecule has 3 nitrogen and oxygen atoms in total. The van der Waals surface area contributed by atoms with E-state index >= 15 is 0 Å². The second-order valence-corrected chi connectivity index (χ2v) is 5.51. The molecule has 0 heterocycles. The Hall–Kier alpha value is -1.06. The van der Waals surface area contributed by atoms with Crippen LogP contribution in [0.2, 0.25) is 0 Å². The van der Waals surface area contributed by atoms with E-state index in [9.17, 15) is 4.79 Å². The average molecular weight is 299 g/mol. The number of halogens is 1. The maximum Gasteiger partial charge on any atom is 0.232 e. The summed E-state index contributed by atoms with van der Waals surface area (Å²) in [7, 11) is 3.76. The fourth-order valence-corrected chi connectivity index (χ4v) is 2.14. The number of benzene rings is 1. The third-order valence-corrected chi connectivity index (χ3v) is 3.66. The summed E-state index contributed by atoms with van der Waals surface area (Å²) in [6.07, 6.45) is 1.02. The maximum atomic E-state index is 12.5. The zero-order valence-electron chi connectivity index (χ0n) is 13.2. The zero-order chi connectivity index (χ0) is 14.5. The molecule has 0 aromatic heterocycles. The number of carbonyl (C=O) groups excluding carboxylic acids is 1. The first-order chi connectivity index (χ1) is 8.93. The Morgan fingerprint density at radius 3 is 2.25 bits per heavy atom. The number of likely N-dealkylation sites (N-methyl/N-ethyl adjacent to an activating group) is 2. The molecule has 0 saturated heterocycles. The van der Waals surface area contributed by atoms with Crippen molar-refractivity contribution in [3.8, 4) is 0 Å². The number of nitrogens with zero attached hydrogens (tertiary/aromatic N) is 1. The summed E-state index contributed by atoms with van der Waals surface area (Å²) in [5.41, 5.74) is 1.90. The molecule has 1 aromatic carbocycles. The largest absolute Gasteiger partial charge is 0.344 e. The predicted octanol–water partition coefficient (Wildman–Crippen LogP) is 2.63. The lowest BCUT2D eigenvalue weighted by atomic mass is 9.83. The van der Waals surface area contributed by atoms with Gasteiger partial charge in [-0.25, -0.2) is 0 Å². The van der Waals surface area contributed by atoms with Gasteiger partial charge < -0.3 is 10.2 Å². The number of aryl methyl sites for hydroxylation is 1. The van der Waals surface area contributed by atoms with Crippen molar-refractivity contribution in [2.24, 2.45) is 0 Å². The predicted molar refractivity (Wildman–Crippen MR) is 87.7 cm³/mol. The van der Waals surface area contributed by atoms with Gasteiger partial charge in [-0.05, 0) is 38.4 Å². The fourth-order valence-electron chi connectivity index (χ4n) is 2.14. The molecule has 0 aliphatic rings. The number of hydrogen-bond acceptors (Lipinski definition) is 2. The molecule has 1 aromatic rings. The van der Waals surface area contributed by atoms with Gasteiger partial charge in [-0.1, -0.05) is 31.2 Å². The van der Waals surface area contributed by atoms with Crippen molar-refractivity contribution >= 4 is 18.3 Å². The monoisotopic (exact) mass is 298 g/mol. The van der Waals surface area contributed by atoms with Crippen molar-refractivity contribution in [3.63, 3.8) is 0 Å². The number of hydrogen-bond donors (Lipinski definition) is 1. The van der Waals surface area contributed by atoms with Gasteiger partial charge in [-0.2, -0.15) is 0 Å². The lowest BCUT2D eigenvalue weighted by Gasteiger charge is -2.30. The Morgan fingerprint density at radius 1 is 1.25 bits per heavy atom. The van der Waals surface area contributed by atoms with Gasteiger partial charge in [-0.15, -0.1) is 12.4 Å². The zero-order valence-corrected chi connectivity index (χ0v) is 14.0. The minimum absolute atomic E-state index is 0. The minimum atomic E-state index is -0.477. The smallest absolute Gasteiger partial charge is 0.232 e. The molecular weight excluding hydrogens is 272 g/mol. The highest BCUT2D eigenvalue weighted by atomic mass is 35.5. The van der Waals surface area contributed by atoms with Crippen LogP contribution in [-0.4, -0.2) is 38.0 Å². The molecule has 0 radical (unpaired) electrons. The standard InChI is InChI=1S/C16H26N2O.ClH/c1-6-13-7-9-14(10-8-13)16(2,3)15(19)18(5)12-11-17-4;/h7-10,17H,6,11-12H2,1-5H3;1H. The van der Waals surface area contributed by atoms with Gasteiger partial charge >= 0.3 is 0 Å². The molecule has 114 valence electrons. The first-order valence-corrected chi connectivity index (χ1v) is 6.93. The van der Waals surface area contributed by atoms with Crippen LogP contribution in [-0.2, 0) is 16.6 Å². The molecule has 0 aliphatic heterocycles. The second-order valence-electron chi connectivity index (χ2n) is 5.51. The first-order valence-electron chi connectivity index (χ1n) is 6.93. The van der Waals surface area contributed by atoms with Crippen LogP contribution >= 0.6 is 12.4 Å². The third kappa shape index (κ3) is 4.50. The molecular formula is C16H27ClN2O. The van der Waals surface area contributed by atoms with Crippen LogP contribution in [0.3, 0.4) is 0 Å². The summed E-state index contributed by atoms with van der Waals surface area (Å²) in [6, 6.07) is 8.36. The molecule has 1 amide bonds. The second kappa shape index (κ2) is 8.28. The van der Waals surface area contributed by atoms with Crippen LogP contribution < -0.4 is 5.32 Å². The first kappa shape index (κ1) is 18.9. The highest BCUT2D eigenvalue weighted by Gasteiger charge is 2.31. The van der Waals surface area contributed by atoms with Crippen molar-refractivity contribution in [1.29, 1.82) is 0 Å². The summed E-state index contributed by atoms with van der Waals surface area (Å²) in [5, 5.41) is 3.07. The Balaban J connectivity index is 0.00000361. The van der Waals surface area contributed by atoms with Gasteiger partial charge in [-0.3, -0.25) is 4.79 Å². The molecule has 4 heteroatoms. The molecule has 20 heavy (non-hydrogen) atoms. The average Bonchev–Trinajstić information content (AvgIpc) is 2.43. The Labute approximate surface area is 129 Å². The lowest BCUT2D eigenvalue weighted by Crippen LogP contribution is -2.43. The summed E-state index contributed by atoms with van der Waals surface area (Å²) in [6.45, 7) is 7.66. The topological polar surface area (TPSA) is 32.3 Å². The quantitative estimate of drug-likeness (QED) is 0.875. The van der Waals surface area contributed by atoms with Crippen molar-refractivity contribution in [1.82, 2.24) is 10.2 Å². The van der Waals surface area contributed by atoms with Gasteiger partial charge in [0.15, 0.2) is 0 Å². The molecule has 0 saturated carbocycles. The fraction of sp³-hybridized carbons (Fsp3) is 0.562. The highest BCUT2D eigenvalue weighted by Crippen LogP contribution is 2.25. The van der Waals surface area contributed by atoms with Crippen LogP contribution in [0, 0.1) is 0 Å². The Morgan fingerprint density at radius 2 is 1.80 bits per heavy atom. The maximum absolute atomic E-state index is 12.5. The van der Waals surface area contributed by atoms with Crippen LogP contribution in [0.25, 0.3) is 0 Å². The summed E-state index contributed by atoms with van der Waals surface area (Å²) >= 11 is 0. The molecule has 1 rings (SSSR count). The summed E-state index contributed by atoms with van der Waals surface area (Å²) in [4.78, 5) is 14.3. The van der Waals surface area contributed by atoms with Crippen LogP contribution in [0.15, 0.2) is 24.3 Å². The number of rotatable bonds is 6. The summed E-state index contributed by atoms with van der Waals surface area (Å²) < 4.78 is 0. The van der Waals surface area contributed by atoms with E-state index < -0.39 is 5.41 Å². The SMILES string of the molecule is CCc1ccc(C(C)(C)C(=O)N(C)CCNC)cc1.Cl. The van der Waals surface area contributed by atoms with Gasteiger partial charge in [0.05, 0.1) is 5.41 Å². The van der Waals surface area contributed by atoms with Crippen molar-refractivity contribution in [2.45, 2.75) is 32.6 Å². The Kier molecular flexibility index (Phi) is 7.84. The highest BCUT2D eigenvalue weighted by molar-refractivity contribution is 5.87. The van der Waals surface area contributed by atoms with Gasteiger partial charge in [0.25, 0.3) is 0 Å². The number of nitrogens with one attached hydrogen (secondary N) is 1. The van der Waals surface area contributed by atoms with E-state index in [4.69, 9.17) is 0 Å². The van der Waals surface area contributed by atoms with Crippen LogP contribution in [0.5, 0.6) is 0 Å². The van der Waals surface area contributed by atoms with Gasteiger partial charge in [0, 0.05) is 20.1 Å². The third-order valence-electron chi connectivity index (χ3n) is 3.66. The molecule has 0 fully saturated rings. The van der Waals surface area contributed by atoms with E-state index in [1.165, 1.54) is 5.56 Å². The Bertz CT molecular complexity index is 415.